The molecule has 1 fully saturated rings. The van der Waals surface area contributed by atoms with Gasteiger partial charge in [0.15, 0.2) is 0 Å². The third-order valence-corrected chi connectivity index (χ3v) is 3.17. The summed E-state index contributed by atoms with van der Waals surface area (Å²) in [6, 6.07) is 5.29. The summed E-state index contributed by atoms with van der Waals surface area (Å²) in [7, 11) is 0. The minimum Gasteiger partial charge on any atom is -0.374 e. The first-order chi connectivity index (χ1) is 8.99. The maximum Gasteiger partial charge on any atom is 0.416 e. The first-order valence-electron chi connectivity index (χ1n) is 6.19. The highest BCUT2D eigenvalue weighted by Crippen LogP contribution is 2.29. The Balaban J connectivity index is 1.96. The van der Waals surface area contributed by atoms with Gasteiger partial charge in [-0.3, -0.25) is 4.90 Å². The summed E-state index contributed by atoms with van der Waals surface area (Å²) < 4.78 is 42.7. The number of alkyl halides is 3. The van der Waals surface area contributed by atoms with E-state index >= 15 is 0 Å². The summed E-state index contributed by atoms with van der Waals surface area (Å²) in [5, 5.41) is 0. The Morgan fingerprint density at radius 3 is 2.53 bits per heavy atom. The van der Waals surface area contributed by atoms with Crippen LogP contribution in [0.25, 0.3) is 0 Å². The topological polar surface area (TPSA) is 38.5 Å². The average molecular weight is 274 g/mol. The number of nitrogens with two attached hydrogens (primary N) is 1. The third-order valence-electron chi connectivity index (χ3n) is 3.17. The normalized spacial score (nSPS) is 21.6. The van der Waals surface area contributed by atoms with Crippen LogP contribution in [-0.4, -0.2) is 37.2 Å². The molecule has 19 heavy (non-hydrogen) atoms. The van der Waals surface area contributed by atoms with Crippen molar-refractivity contribution in [1.29, 1.82) is 0 Å². The smallest absolute Gasteiger partial charge is 0.374 e. The van der Waals surface area contributed by atoms with Gasteiger partial charge in [-0.25, -0.2) is 0 Å². The van der Waals surface area contributed by atoms with Crippen molar-refractivity contribution in [2.75, 3.05) is 26.2 Å². The Kier molecular flexibility index (Phi) is 4.44. The number of nitrogens with zero attached hydrogens (tertiary/aromatic N) is 1. The average Bonchev–Trinajstić information content (AvgIpc) is 2.38. The van der Waals surface area contributed by atoms with Crippen LogP contribution < -0.4 is 5.73 Å². The highest BCUT2D eigenvalue weighted by Gasteiger charge is 2.30. The van der Waals surface area contributed by atoms with Crippen LogP contribution in [0.4, 0.5) is 13.2 Å². The fraction of sp³-hybridized carbons (Fsp3) is 0.538. The molecular weight excluding hydrogens is 257 g/mol. The van der Waals surface area contributed by atoms with E-state index in [1.165, 1.54) is 12.1 Å². The Hall–Kier alpha value is -1.11. The third kappa shape index (κ3) is 3.92. The predicted molar refractivity (Wildman–Crippen MR) is 65.5 cm³/mol. The molecule has 2 N–H and O–H groups in total. The van der Waals surface area contributed by atoms with E-state index in [0.29, 0.717) is 19.7 Å². The highest BCUT2D eigenvalue weighted by atomic mass is 19.4. The van der Waals surface area contributed by atoms with E-state index in [-0.39, 0.29) is 6.10 Å². The van der Waals surface area contributed by atoms with Crippen LogP contribution in [0.5, 0.6) is 0 Å². The summed E-state index contributed by atoms with van der Waals surface area (Å²) in [6.07, 6.45) is -4.26. The van der Waals surface area contributed by atoms with Crippen molar-refractivity contribution in [1.82, 2.24) is 4.90 Å². The molecule has 1 atom stereocenters. The molecule has 106 valence electrons. The number of rotatable bonds is 3. The largest absolute Gasteiger partial charge is 0.416 e. The van der Waals surface area contributed by atoms with Gasteiger partial charge in [0.25, 0.3) is 0 Å². The molecule has 0 aliphatic carbocycles. The quantitative estimate of drug-likeness (QED) is 0.914. The fourth-order valence-electron chi connectivity index (χ4n) is 2.12. The first-order valence-corrected chi connectivity index (χ1v) is 6.19. The van der Waals surface area contributed by atoms with Gasteiger partial charge in [0, 0.05) is 26.2 Å². The molecule has 0 radical (unpaired) electrons. The van der Waals surface area contributed by atoms with E-state index in [0.717, 1.165) is 30.8 Å². The first kappa shape index (κ1) is 14.3. The van der Waals surface area contributed by atoms with Crippen LogP contribution >= 0.6 is 0 Å². The molecule has 0 amide bonds. The summed E-state index contributed by atoms with van der Waals surface area (Å²) in [6.45, 7) is 3.19. The second-order valence-electron chi connectivity index (χ2n) is 4.66. The number of morpholine rings is 1. The van der Waals surface area contributed by atoms with Crippen molar-refractivity contribution < 1.29 is 17.9 Å². The molecule has 1 unspecified atom stereocenters. The molecule has 3 nitrogen and oxygen atoms in total. The molecule has 0 spiro atoms. The lowest BCUT2D eigenvalue weighted by molar-refractivity contribution is -0.137. The summed E-state index contributed by atoms with van der Waals surface area (Å²) in [5.74, 6) is 0. The Morgan fingerprint density at radius 2 is 1.95 bits per heavy atom. The van der Waals surface area contributed by atoms with E-state index < -0.39 is 11.7 Å². The van der Waals surface area contributed by atoms with Gasteiger partial charge in [0.1, 0.15) is 0 Å². The zero-order valence-corrected chi connectivity index (χ0v) is 10.5. The van der Waals surface area contributed by atoms with Crippen LogP contribution in [0.1, 0.15) is 11.1 Å². The van der Waals surface area contributed by atoms with E-state index in [2.05, 4.69) is 4.90 Å². The van der Waals surface area contributed by atoms with E-state index in [1.54, 1.807) is 0 Å². The lowest BCUT2D eigenvalue weighted by Gasteiger charge is -2.32. The van der Waals surface area contributed by atoms with Crippen molar-refractivity contribution in [3.63, 3.8) is 0 Å². The van der Waals surface area contributed by atoms with Crippen molar-refractivity contribution in [2.45, 2.75) is 18.8 Å². The molecule has 1 saturated heterocycles. The minimum atomic E-state index is -4.28. The standard InChI is InChI=1S/C13H17F3N2O/c14-13(15,16)11-3-1-10(2-4-11)8-18-5-6-19-12(7-17)9-18/h1-4,12H,5-9,17H2. The monoisotopic (exact) mass is 274 g/mol. The number of halogens is 3. The van der Waals surface area contributed by atoms with Crippen LogP contribution in [0.15, 0.2) is 24.3 Å². The number of ether oxygens (including phenoxy) is 1. The van der Waals surface area contributed by atoms with E-state index in [4.69, 9.17) is 10.5 Å². The number of benzene rings is 1. The zero-order chi connectivity index (χ0) is 13.9. The van der Waals surface area contributed by atoms with Gasteiger partial charge in [-0.1, -0.05) is 12.1 Å². The van der Waals surface area contributed by atoms with Crippen LogP contribution in [0, 0.1) is 0 Å². The van der Waals surface area contributed by atoms with Gasteiger partial charge in [-0.2, -0.15) is 13.2 Å². The molecular formula is C13H17F3N2O. The molecule has 1 aromatic carbocycles. The molecule has 1 aliphatic heterocycles. The van der Waals surface area contributed by atoms with Gasteiger partial charge in [0.05, 0.1) is 18.3 Å². The predicted octanol–water partition coefficient (Wildman–Crippen LogP) is 1.86. The van der Waals surface area contributed by atoms with Crippen LogP contribution in [0.3, 0.4) is 0 Å². The van der Waals surface area contributed by atoms with Crippen LogP contribution in [-0.2, 0) is 17.5 Å². The molecule has 6 heteroatoms. The second-order valence-corrected chi connectivity index (χ2v) is 4.66. The molecule has 2 rings (SSSR count). The molecule has 0 saturated carbocycles. The minimum absolute atomic E-state index is 0.0169. The zero-order valence-electron chi connectivity index (χ0n) is 10.5. The van der Waals surface area contributed by atoms with E-state index in [9.17, 15) is 13.2 Å². The van der Waals surface area contributed by atoms with Crippen molar-refractivity contribution in [2.24, 2.45) is 5.73 Å². The summed E-state index contributed by atoms with van der Waals surface area (Å²) in [4.78, 5) is 2.14. The van der Waals surface area contributed by atoms with Crippen LogP contribution in [0.2, 0.25) is 0 Å². The second kappa shape index (κ2) is 5.90. The molecule has 0 bridgehead atoms. The SMILES string of the molecule is NCC1CN(Cc2ccc(C(F)(F)F)cc2)CCO1. The van der Waals surface area contributed by atoms with Gasteiger partial charge in [-0.15, -0.1) is 0 Å². The van der Waals surface area contributed by atoms with Crippen molar-refractivity contribution in [3.8, 4) is 0 Å². The Bertz CT molecular complexity index is 405. The Morgan fingerprint density at radius 1 is 1.26 bits per heavy atom. The molecule has 0 aromatic heterocycles. The molecule has 1 aromatic rings. The maximum absolute atomic E-state index is 12.4. The molecule has 1 aliphatic rings. The van der Waals surface area contributed by atoms with Crippen molar-refractivity contribution >= 4 is 0 Å². The number of hydrogen-bond donors (Lipinski definition) is 1. The van der Waals surface area contributed by atoms with Gasteiger partial charge in [0.2, 0.25) is 0 Å². The lowest BCUT2D eigenvalue weighted by Crippen LogP contribution is -2.45. The van der Waals surface area contributed by atoms with Gasteiger partial charge >= 0.3 is 6.18 Å². The van der Waals surface area contributed by atoms with Crippen molar-refractivity contribution in [3.05, 3.63) is 35.4 Å². The summed E-state index contributed by atoms with van der Waals surface area (Å²) in [5.41, 5.74) is 5.80. The highest BCUT2D eigenvalue weighted by molar-refractivity contribution is 5.24. The maximum atomic E-state index is 12.4. The Labute approximate surface area is 110 Å². The number of hydrogen-bond acceptors (Lipinski definition) is 3. The van der Waals surface area contributed by atoms with Gasteiger partial charge < -0.3 is 10.5 Å². The van der Waals surface area contributed by atoms with E-state index in [1.807, 2.05) is 0 Å². The van der Waals surface area contributed by atoms with Gasteiger partial charge in [-0.05, 0) is 17.7 Å². The lowest BCUT2D eigenvalue weighted by atomic mass is 10.1. The fourth-order valence-corrected chi connectivity index (χ4v) is 2.12. The molecule has 1 heterocycles. The summed E-state index contributed by atoms with van der Waals surface area (Å²) >= 11 is 0.